The Morgan fingerprint density at radius 3 is 2.40 bits per heavy atom. The Hall–Kier alpha value is -3.75. The minimum atomic E-state index is -4.83. The summed E-state index contributed by atoms with van der Waals surface area (Å²) in [6.07, 6.45) is -4.83. The van der Waals surface area contributed by atoms with E-state index in [4.69, 9.17) is 4.74 Å². The van der Waals surface area contributed by atoms with Crippen LogP contribution in [0.25, 0.3) is 21.8 Å². The quantitative estimate of drug-likeness (QED) is 0.341. The molecule has 0 aliphatic carbocycles. The lowest BCUT2D eigenvalue weighted by molar-refractivity contribution is -0.274. The molecule has 1 aromatic heterocycles. The predicted molar refractivity (Wildman–Crippen MR) is 105 cm³/mol. The second-order valence-corrected chi connectivity index (χ2v) is 6.42. The van der Waals surface area contributed by atoms with Gasteiger partial charge in [-0.3, -0.25) is 4.79 Å². The summed E-state index contributed by atoms with van der Waals surface area (Å²) in [5.41, 5.74) is 0.919. The molecule has 0 amide bonds. The van der Waals surface area contributed by atoms with Gasteiger partial charge in [0.05, 0.1) is 23.8 Å². The monoisotopic (exact) mass is 418 g/mol. The van der Waals surface area contributed by atoms with Gasteiger partial charge >= 0.3 is 6.36 Å². The van der Waals surface area contributed by atoms with Gasteiger partial charge in [-0.25, -0.2) is 4.39 Å². The molecule has 0 aliphatic heterocycles. The van der Waals surface area contributed by atoms with Gasteiger partial charge in [0.1, 0.15) is 0 Å². The van der Waals surface area contributed by atoms with E-state index in [1.54, 1.807) is 12.1 Å². The van der Waals surface area contributed by atoms with E-state index in [2.05, 4.69) is 15.0 Å². The Labute approximate surface area is 166 Å². The van der Waals surface area contributed by atoms with Crippen molar-refractivity contribution in [1.82, 2.24) is 4.98 Å². The molecule has 4 rings (SSSR count). The predicted octanol–water partition coefficient (Wildman–Crippen LogP) is 5.47. The van der Waals surface area contributed by atoms with Crippen LogP contribution in [0.3, 0.4) is 0 Å². The summed E-state index contributed by atoms with van der Waals surface area (Å²) in [5.74, 6) is -1.07. The number of hydrogen-bond donors (Lipinski definition) is 2. The molecule has 0 saturated carbocycles. The fraction of sp³-hybridized carbons (Fsp3) is 0.0952. The number of nitrogens with one attached hydrogen (secondary N) is 2. The van der Waals surface area contributed by atoms with Crippen LogP contribution in [-0.2, 0) is 0 Å². The number of hydrogen-bond acceptors (Lipinski definition) is 4. The third-order valence-electron chi connectivity index (χ3n) is 4.46. The topological polar surface area (TPSA) is 63.4 Å². The number of para-hydroxylation sites is 2. The number of anilines is 2. The molecule has 154 valence electrons. The van der Waals surface area contributed by atoms with Crippen molar-refractivity contribution >= 4 is 33.2 Å². The van der Waals surface area contributed by atoms with Gasteiger partial charge in [-0.1, -0.05) is 12.1 Å². The van der Waals surface area contributed by atoms with Crippen LogP contribution in [0.4, 0.5) is 28.9 Å². The number of benzene rings is 3. The van der Waals surface area contributed by atoms with E-state index in [0.717, 1.165) is 6.07 Å². The summed E-state index contributed by atoms with van der Waals surface area (Å²) >= 11 is 0. The Balaban J connectivity index is 1.78. The third kappa shape index (κ3) is 3.73. The molecule has 0 fully saturated rings. The number of aromatic amines is 1. The standard InChI is InChI=1S/C21H14F4N2O3/c1-29-19-10-17-13(9-14(19)22)20(28)12-7-6-11(8-16(12)27-17)26-15-4-2-3-5-18(15)30-21(23,24)25/h2-10,26H,1H3,(H,27,28). The molecule has 5 nitrogen and oxygen atoms in total. The Kier molecular flexibility index (Phi) is 4.73. The lowest BCUT2D eigenvalue weighted by Crippen LogP contribution is -2.17. The Bertz CT molecular complexity index is 1320. The number of fused-ring (bicyclic) bond motifs is 2. The van der Waals surface area contributed by atoms with Crippen molar-refractivity contribution in [2.45, 2.75) is 6.36 Å². The number of alkyl halides is 3. The molecule has 0 atom stereocenters. The van der Waals surface area contributed by atoms with Gasteiger partial charge in [0.2, 0.25) is 0 Å². The highest BCUT2D eigenvalue weighted by Gasteiger charge is 2.32. The van der Waals surface area contributed by atoms with E-state index < -0.39 is 17.9 Å². The van der Waals surface area contributed by atoms with E-state index in [1.807, 2.05) is 0 Å². The summed E-state index contributed by atoms with van der Waals surface area (Å²) in [4.78, 5) is 15.8. The van der Waals surface area contributed by atoms with Crippen LogP contribution in [0.15, 0.2) is 59.4 Å². The second kappa shape index (κ2) is 7.25. The molecule has 0 bridgehead atoms. The first-order valence-corrected chi connectivity index (χ1v) is 8.70. The fourth-order valence-corrected chi connectivity index (χ4v) is 3.15. The van der Waals surface area contributed by atoms with Crippen LogP contribution in [0.5, 0.6) is 11.5 Å². The van der Waals surface area contributed by atoms with Crippen LogP contribution >= 0.6 is 0 Å². The maximum atomic E-state index is 14.0. The minimum absolute atomic E-state index is 0.0231. The molecule has 30 heavy (non-hydrogen) atoms. The number of halogens is 4. The Morgan fingerprint density at radius 1 is 0.933 bits per heavy atom. The molecule has 9 heteroatoms. The summed E-state index contributed by atoms with van der Waals surface area (Å²) in [6, 6.07) is 12.7. The molecule has 4 aromatic rings. The molecular formula is C21H14F4N2O3. The molecule has 0 aliphatic rings. The van der Waals surface area contributed by atoms with Crippen molar-refractivity contribution in [2.75, 3.05) is 12.4 Å². The maximum Gasteiger partial charge on any atom is 0.573 e. The van der Waals surface area contributed by atoms with Crippen LogP contribution in [0.2, 0.25) is 0 Å². The number of aromatic nitrogens is 1. The number of H-pyrrole nitrogens is 1. The lowest BCUT2D eigenvalue weighted by atomic mass is 10.1. The maximum absolute atomic E-state index is 14.0. The summed E-state index contributed by atoms with van der Waals surface area (Å²) < 4.78 is 60.8. The average Bonchev–Trinajstić information content (AvgIpc) is 2.69. The largest absolute Gasteiger partial charge is 0.573 e. The van der Waals surface area contributed by atoms with E-state index >= 15 is 0 Å². The van der Waals surface area contributed by atoms with Gasteiger partial charge in [-0.2, -0.15) is 0 Å². The molecule has 3 aromatic carbocycles. The molecule has 0 saturated heterocycles. The summed E-state index contributed by atoms with van der Waals surface area (Å²) in [6.45, 7) is 0. The summed E-state index contributed by atoms with van der Waals surface area (Å²) in [5, 5.41) is 3.32. The van der Waals surface area contributed by atoms with Gasteiger partial charge in [0.25, 0.3) is 0 Å². The van der Waals surface area contributed by atoms with Crippen LogP contribution < -0.4 is 20.2 Å². The zero-order valence-electron chi connectivity index (χ0n) is 15.4. The molecule has 0 radical (unpaired) electrons. The normalized spacial score (nSPS) is 11.6. The van der Waals surface area contributed by atoms with Gasteiger partial charge in [-0.15, -0.1) is 13.2 Å². The smallest absolute Gasteiger partial charge is 0.494 e. The van der Waals surface area contributed by atoms with Crippen LogP contribution in [-0.4, -0.2) is 18.5 Å². The number of methoxy groups -OCH3 is 1. The van der Waals surface area contributed by atoms with E-state index in [9.17, 15) is 22.4 Å². The van der Waals surface area contributed by atoms with Crippen molar-refractivity contribution < 1.29 is 27.0 Å². The van der Waals surface area contributed by atoms with E-state index in [0.29, 0.717) is 22.1 Å². The zero-order valence-corrected chi connectivity index (χ0v) is 15.4. The first-order chi connectivity index (χ1) is 14.2. The molecule has 1 heterocycles. The number of rotatable bonds is 4. The SMILES string of the molecule is COc1cc2[nH]c3cc(Nc4ccccc4OC(F)(F)F)ccc3c(=O)c2cc1F. The molecule has 2 N–H and O–H groups in total. The molecule has 0 unspecified atom stereocenters. The minimum Gasteiger partial charge on any atom is -0.494 e. The first kappa shape index (κ1) is 19.6. The van der Waals surface area contributed by atoms with E-state index in [1.165, 1.54) is 43.5 Å². The number of pyridine rings is 1. The zero-order chi connectivity index (χ0) is 21.5. The second-order valence-electron chi connectivity index (χ2n) is 6.42. The van der Waals surface area contributed by atoms with Crippen molar-refractivity contribution in [1.29, 1.82) is 0 Å². The van der Waals surface area contributed by atoms with E-state index in [-0.39, 0.29) is 22.3 Å². The van der Waals surface area contributed by atoms with Crippen LogP contribution in [0, 0.1) is 5.82 Å². The van der Waals surface area contributed by atoms with Crippen LogP contribution in [0.1, 0.15) is 0 Å². The van der Waals surface area contributed by atoms with Crippen molar-refractivity contribution in [3.8, 4) is 11.5 Å². The van der Waals surface area contributed by atoms with Gasteiger partial charge < -0.3 is 19.8 Å². The highest BCUT2D eigenvalue weighted by molar-refractivity contribution is 5.94. The number of ether oxygens (including phenoxy) is 2. The molecular weight excluding hydrogens is 404 g/mol. The average molecular weight is 418 g/mol. The first-order valence-electron chi connectivity index (χ1n) is 8.70. The fourth-order valence-electron chi connectivity index (χ4n) is 3.15. The molecule has 0 spiro atoms. The van der Waals surface area contributed by atoms with Gasteiger partial charge in [0.15, 0.2) is 22.7 Å². The van der Waals surface area contributed by atoms with Gasteiger partial charge in [0, 0.05) is 22.5 Å². The summed E-state index contributed by atoms with van der Waals surface area (Å²) in [7, 11) is 1.31. The Morgan fingerprint density at radius 2 is 1.67 bits per heavy atom. The van der Waals surface area contributed by atoms with Crippen molar-refractivity contribution in [3.05, 3.63) is 70.6 Å². The third-order valence-corrected chi connectivity index (χ3v) is 4.46. The highest BCUT2D eigenvalue weighted by atomic mass is 19.4. The highest BCUT2D eigenvalue weighted by Crippen LogP contribution is 2.33. The van der Waals surface area contributed by atoms with Crippen molar-refractivity contribution in [2.24, 2.45) is 0 Å². The van der Waals surface area contributed by atoms with Gasteiger partial charge in [-0.05, 0) is 36.4 Å². The van der Waals surface area contributed by atoms with Crippen molar-refractivity contribution in [3.63, 3.8) is 0 Å². The lowest BCUT2D eigenvalue weighted by Gasteiger charge is -2.15.